The molecule has 0 atom stereocenters. The van der Waals surface area contributed by atoms with Crippen molar-refractivity contribution in [2.45, 2.75) is 76.3 Å². The Morgan fingerprint density at radius 2 is 1.48 bits per heavy atom. The van der Waals surface area contributed by atoms with Gasteiger partial charge in [0.25, 0.3) is 0 Å². The lowest BCUT2D eigenvalue weighted by Crippen LogP contribution is -2.41. The molecule has 128 valence electrons. The molecule has 0 aliphatic heterocycles. The van der Waals surface area contributed by atoms with Gasteiger partial charge < -0.3 is 11.1 Å². The van der Waals surface area contributed by atoms with Crippen LogP contribution >= 0.6 is 11.6 Å². The normalized spacial score (nSPS) is 20.5. The van der Waals surface area contributed by atoms with E-state index in [9.17, 15) is 0 Å². The molecule has 2 saturated carbocycles. The molecule has 0 radical (unpaired) electrons. The number of nitrogens with zero attached hydrogens (tertiary/aromatic N) is 1. The van der Waals surface area contributed by atoms with Crippen LogP contribution in [0, 0.1) is 0 Å². The van der Waals surface area contributed by atoms with E-state index >= 15 is 0 Å². The van der Waals surface area contributed by atoms with Gasteiger partial charge in [0.05, 0.1) is 6.04 Å². The van der Waals surface area contributed by atoms with Crippen LogP contribution in [0.25, 0.3) is 0 Å². The molecule has 2 fully saturated rings. The van der Waals surface area contributed by atoms with E-state index in [1.165, 1.54) is 64.2 Å². The van der Waals surface area contributed by atoms with Crippen LogP contribution in [0.1, 0.15) is 64.2 Å². The van der Waals surface area contributed by atoms with Gasteiger partial charge in [0.2, 0.25) is 0 Å². The largest absolute Gasteiger partial charge is 0.370 e. The average Bonchev–Trinajstić information content (AvgIpc) is 2.58. The fourth-order valence-electron chi connectivity index (χ4n) is 3.31. The lowest BCUT2D eigenvalue weighted by Gasteiger charge is -2.24. The van der Waals surface area contributed by atoms with Gasteiger partial charge in [-0.1, -0.05) is 68.3 Å². The summed E-state index contributed by atoms with van der Waals surface area (Å²) in [6.45, 7) is 0. The molecular formula is C19H30ClN3. The Labute approximate surface area is 145 Å². The molecule has 3 nitrogen and oxygen atoms in total. The van der Waals surface area contributed by atoms with Gasteiger partial charge in [0, 0.05) is 11.1 Å². The Morgan fingerprint density at radius 3 is 2.00 bits per heavy atom. The van der Waals surface area contributed by atoms with Gasteiger partial charge in [-0.15, -0.1) is 0 Å². The van der Waals surface area contributed by atoms with Crippen LogP contribution in [0.4, 0.5) is 0 Å². The van der Waals surface area contributed by atoms with Gasteiger partial charge in [0.15, 0.2) is 5.96 Å². The minimum Gasteiger partial charge on any atom is -0.370 e. The topological polar surface area (TPSA) is 50.4 Å². The van der Waals surface area contributed by atoms with E-state index in [0.717, 1.165) is 5.02 Å². The maximum atomic E-state index is 5.97. The number of nitrogens with two attached hydrogens (primary N) is 1. The van der Waals surface area contributed by atoms with Crippen molar-refractivity contribution in [3.63, 3.8) is 0 Å². The molecule has 0 bridgehead atoms. The van der Waals surface area contributed by atoms with Crippen LogP contribution < -0.4 is 11.1 Å². The smallest absolute Gasteiger partial charge is 0.189 e. The number of guanidine groups is 1. The molecule has 0 saturated heterocycles. The fourth-order valence-corrected chi connectivity index (χ4v) is 3.46. The molecule has 23 heavy (non-hydrogen) atoms. The number of benzene rings is 1. The van der Waals surface area contributed by atoms with Crippen molar-refractivity contribution in [1.82, 2.24) is 5.32 Å². The molecule has 0 heterocycles. The van der Waals surface area contributed by atoms with Gasteiger partial charge in [-0.05, 0) is 37.8 Å². The summed E-state index contributed by atoms with van der Waals surface area (Å²) < 4.78 is 0. The quantitative estimate of drug-likeness (QED) is 0.596. The van der Waals surface area contributed by atoms with Crippen LogP contribution in [0.3, 0.4) is 0 Å². The van der Waals surface area contributed by atoms with Gasteiger partial charge in [-0.3, -0.25) is 4.99 Å². The second kappa shape index (κ2) is 10.5. The third-order valence-electron chi connectivity index (χ3n) is 4.59. The van der Waals surface area contributed by atoms with Crippen LogP contribution in [0.5, 0.6) is 0 Å². The number of rotatable bonds is 2. The van der Waals surface area contributed by atoms with Crippen molar-refractivity contribution in [3.05, 3.63) is 35.4 Å². The third kappa shape index (κ3) is 7.74. The second-order valence-electron chi connectivity index (χ2n) is 6.58. The molecule has 3 N–H and O–H groups in total. The van der Waals surface area contributed by atoms with Gasteiger partial charge >= 0.3 is 0 Å². The zero-order chi connectivity index (χ0) is 16.3. The first kappa shape index (κ1) is 18.1. The van der Waals surface area contributed by atoms with E-state index in [2.05, 4.69) is 10.3 Å². The Hall–Kier alpha value is -1.22. The summed E-state index contributed by atoms with van der Waals surface area (Å²) >= 11 is 5.54. The molecule has 2 aliphatic carbocycles. The summed E-state index contributed by atoms with van der Waals surface area (Å²) in [5.74, 6) is 0.693. The van der Waals surface area contributed by atoms with Crippen molar-refractivity contribution >= 4 is 17.6 Å². The molecule has 2 aliphatic rings. The minimum atomic E-state index is 0.491. The first-order chi connectivity index (χ1) is 11.2. The summed E-state index contributed by atoms with van der Waals surface area (Å²) in [6, 6.07) is 10.5. The highest BCUT2D eigenvalue weighted by Crippen LogP contribution is 2.20. The zero-order valence-corrected chi connectivity index (χ0v) is 14.8. The molecule has 0 unspecified atom stereocenters. The van der Waals surface area contributed by atoms with Crippen LogP contribution in [-0.4, -0.2) is 18.0 Å². The SMILES string of the molecule is Clc1ccccc1.NC(=NC1CCCCC1)NC1CCCCC1. The first-order valence-electron chi connectivity index (χ1n) is 9.04. The Balaban J connectivity index is 0.000000229. The predicted molar refractivity (Wildman–Crippen MR) is 100.0 cm³/mol. The average molecular weight is 336 g/mol. The van der Waals surface area contributed by atoms with Crippen molar-refractivity contribution in [1.29, 1.82) is 0 Å². The van der Waals surface area contributed by atoms with Gasteiger partial charge in [-0.25, -0.2) is 0 Å². The molecule has 0 spiro atoms. The molecular weight excluding hydrogens is 306 g/mol. The highest BCUT2D eigenvalue weighted by atomic mass is 35.5. The number of hydrogen-bond donors (Lipinski definition) is 2. The molecule has 1 aromatic rings. The summed E-state index contributed by atoms with van der Waals surface area (Å²) in [5, 5.41) is 4.19. The van der Waals surface area contributed by atoms with Crippen molar-refractivity contribution < 1.29 is 0 Å². The van der Waals surface area contributed by atoms with E-state index in [1.54, 1.807) is 0 Å². The molecule has 1 aromatic carbocycles. The standard InChI is InChI=1S/C13H25N3.C6H5Cl/c14-13(15-11-7-3-1-4-8-11)16-12-9-5-2-6-10-12;7-6-4-2-1-3-5-6/h11-12H,1-10H2,(H3,14,15,16);1-5H. The van der Waals surface area contributed by atoms with Crippen LogP contribution in [0.15, 0.2) is 35.3 Å². The van der Waals surface area contributed by atoms with Gasteiger partial charge in [-0.2, -0.15) is 0 Å². The highest BCUT2D eigenvalue weighted by Gasteiger charge is 2.15. The van der Waals surface area contributed by atoms with Crippen LogP contribution in [0.2, 0.25) is 5.02 Å². The highest BCUT2D eigenvalue weighted by molar-refractivity contribution is 6.30. The van der Waals surface area contributed by atoms with E-state index in [4.69, 9.17) is 17.3 Å². The van der Waals surface area contributed by atoms with E-state index in [1.807, 2.05) is 30.3 Å². The first-order valence-corrected chi connectivity index (χ1v) is 9.42. The summed E-state index contributed by atoms with van der Waals surface area (Å²) in [4.78, 5) is 4.61. The molecule has 4 heteroatoms. The molecule has 0 aromatic heterocycles. The number of aliphatic imine (C=N–C) groups is 1. The summed E-state index contributed by atoms with van der Waals surface area (Å²) in [5.41, 5.74) is 5.97. The lowest BCUT2D eigenvalue weighted by atomic mass is 9.95. The maximum Gasteiger partial charge on any atom is 0.189 e. The van der Waals surface area contributed by atoms with Gasteiger partial charge in [0.1, 0.15) is 0 Å². The predicted octanol–water partition coefficient (Wildman–Crippen LogP) is 4.90. The summed E-state index contributed by atoms with van der Waals surface area (Å²) in [6.07, 6.45) is 13.1. The second-order valence-corrected chi connectivity index (χ2v) is 7.02. The van der Waals surface area contributed by atoms with Crippen molar-refractivity contribution in [2.24, 2.45) is 10.7 Å². The monoisotopic (exact) mass is 335 g/mol. The maximum absolute atomic E-state index is 5.97. The number of nitrogens with one attached hydrogen (secondary N) is 1. The van der Waals surface area contributed by atoms with E-state index in [0.29, 0.717) is 18.0 Å². The van der Waals surface area contributed by atoms with E-state index in [-0.39, 0.29) is 0 Å². The fraction of sp³-hybridized carbons (Fsp3) is 0.632. The molecule has 0 amide bonds. The Bertz CT molecular complexity index is 449. The molecule has 3 rings (SSSR count). The minimum absolute atomic E-state index is 0.491. The van der Waals surface area contributed by atoms with Crippen molar-refractivity contribution in [2.75, 3.05) is 0 Å². The number of hydrogen-bond acceptors (Lipinski definition) is 1. The lowest BCUT2D eigenvalue weighted by molar-refractivity contribution is 0.407. The van der Waals surface area contributed by atoms with E-state index < -0.39 is 0 Å². The Kier molecular flexibility index (Phi) is 8.30. The van der Waals surface area contributed by atoms with Crippen molar-refractivity contribution in [3.8, 4) is 0 Å². The third-order valence-corrected chi connectivity index (χ3v) is 4.84. The zero-order valence-electron chi connectivity index (χ0n) is 14.0. The Morgan fingerprint density at radius 1 is 0.913 bits per heavy atom. The summed E-state index contributed by atoms with van der Waals surface area (Å²) in [7, 11) is 0. The number of halogens is 1. The van der Waals surface area contributed by atoms with Crippen LogP contribution in [-0.2, 0) is 0 Å².